The van der Waals surface area contributed by atoms with Crippen LogP contribution in [0.15, 0.2) is 0 Å². The highest BCUT2D eigenvalue weighted by molar-refractivity contribution is 7.51. The Morgan fingerprint density at radius 3 is 1.62 bits per heavy atom. The Morgan fingerprint density at radius 1 is 1.23 bits per heavy atom. The van der Waals surface area contributed by atoms with Gasteiger partial charge in [0, 0.05) is 0 Å². The summed E-state index contributed by atoms with van der Waals surface area (Å²) >= 11 is 0. The molecule has 0 aliphatic heterocycles. The lowest BCUT2D eigenvalue weighted by molar-refractivity contribution is -0.750. The molecule has 0 aromatic heterocycles. The summed E-state index contributed by atoms with van der Waals surface area (Å²) in [6.45, 7) is 0. The number of rotatable bonds is 2. The summed E-state index contributed by atoms with van der Waals surface area (Å²) in [4.78, 5) is 37.6. The SMILES string of the molecule is C[N+](CP(=O)(O)O)(C(=O)O)C(=O)O. The van der Waals surface area contributed by atoms with Gasteiger partial charge >= 0.3 is 19.8 Å². The van der Waals surface area contributed by atoms with E-state index in [0.717, 1.165) is 0 Å². The van der Waals surface area contributed by atoms with Crippen LogP contribution in [0.5, 0.6) is 0 Å². The molecule has 0 aromatic rings. The quantitative estimate of drug-likeness (QED) is 0.373. The van der Waals surface area contributed by atoms with Gasteiger partial charge in [-0.05, 0) is 0 Å². The first-order chi connectivity index (χ1) is 5.59. The van der Waals surface area contributed by atoms with Gasteiger partial charge in [0.1, 0.15) is 0 Å². The van der Waals surface area contributed by atoms with Gasteiger partial charge in [-0.25, -0.2) is 0 Å². The first kappa shape index (κ1) is 12.0. The zero-order chi connectivity index (χ0) is 10.9. The maximum atomic E-state index is 10.4. The molecule has 76 valence electrons. The van der Waals surface area contributed by atoms with E-state index in [1.165, 1.54) is 0 Å². The zero-order valence-electron chi connectivity index (χ0n) is 6.62. The molecule has 8 nitrogen and oxygen atoms in total. The molecule has 0 fully saturated rings. The smallest absolute Gasteiger partial charge is 0.435 e. The van der Waals surface area contributed by atoms with Crippen molar-refractivity contribution in [1.29, 1.82) is 0 Å². The standard InChI is InChI=1S/C4H8NO7P/c1-5(3(6)7,4(8)9)2-13(10,11)12/h2H2,1H3,(H3-,6,7,8,9,10,11,12)/p+1. The molecular weight excluding hydrogens is 205 g/mol. The topological polar surface area (TPSA) is 132 Å². The summed E-state index contributed by atoms with van der Waals surface area (Å²) < 4.78 is 8.65. The third kappa shape index (κ3) is 3.11. The fraction of sp³-hybridized carbons (Fsp3) is 0.500. The molecule has 0 atom stereocenters. The summed E-state index contributed by atoms with van der Waals surface area (Å²) in [6, 6.07) is 0. The monoisotopic (exact) mass is 214 g/mol. The molecule has 0 aromatic carbocycles. The highest BCUT2D eigenvalue weighted by Gasteiger charge is 2.46. The first-order valence-corrected chi connectivity index (χ1v) is 4.76. The molecule has 0 rings (SSSR count). The summed E-state index contributed by atoms with van der Waals surface area (Å²) in [5, 5.41) is 16.8. The second-order valence-corrected chi connectivity index (χ2v) is 4.17. The van der Waals surface area contributed by atoms with Gasteiger partial charge in [0.25, 0.3) is 0 Å². The van der Waals surface area contributed by atoms with Crippen molar-refractivity contribution in [3.05, 3.63) is 0 Å². The van der Waals surface area contributed by atoms with E-state index in [4.69, 9.17) is 20.0 Å². The minimum Gasteiger partial charge on any atom is -0.435 e. The van der Waals surface area contributed by atoms with Gasteiger partial charge < -0.3 is 20.0 Å². The van der Waals surface area contributed by atoms with Gasteiger partial charge in [0.05, 0.1) is 7.05 Å². The van der Waals surface area contributed by atoms with Crippen LogP contribution in [-0.4, -0.2) is 50.0 Å². The van der Waals surface area contributed by atoms with Gasteiger partial charge in [0.15, 0.2) is 0 Å². The van der Waals surface area contributed by atoms with E-state index in [0.29, 0.717) is 7.05 Å². The third-order valence-corrected chi connectivity index (χ3v) is 2.25. The predicted molar refractivity (Wildman–Crippen MR) is 39.1 cm³/mol. The molecule has 0 bridgehead atoms. The molecule has 4 N–H and O–H groups in total. The van der Waals surface area contributed by atoms with Crippen molar-refractivity contribution >= 4 is 19.8 Å². The molecule has 13 heavy (non-hydrogen) atoms. The molecule has 0 spiro atoms. The number of amides is 2. The predicted octanol–water partition coefficient (Wildman–Crippen LogP) is -0.0758. The second-order valence-electron chi connectivity index (χ2n) is 2.56. The average Bonchev–Trinajstić information content (AvgIpc) is 1.82. The van der Waals surface area contributed by atoms with Gasteiger partial charge in [-0.15, -0.1) is 4.48 Å². The minimum atomic E-state index is -4.68. The molecular formula is C4H9NO7P+. The van der Waals surface area contributed by atoms with Crippen LogP contribution in [0.4, 0.5) is 9.59 Å². The van der Waals surface area contributed by atoms with Crippen LogP contribution in [0, 0.1) is 0 Å². The van der Waals surface area contributed by atoms with E-state index in [1.54, 1.807) is 0 Å². The maximum Gasteiger partial charge on any atom is 0.524 e. The fourth-order valence-corrected chi connectivity index (χ4v) is 1.55. The summed E-state index contributed by atoms with van der Waals surface area (Å²) in [6.07, 6.45) is -4.95. The van der Waals surface area contributed by atoms with Gasteiger partial charge in [-0.1, -0.05) is 0 Å². The van der Waals surface area contributed by atoms with Crippen LogP contribution in [0.25, 0.3) is 0 Å². The number of carboxylic acid groups (broad SMARTS) is 2. The number of nitrogens with zero attached hydrogens (tertiary/aromatic N) is 1. The largest absolute Gasteiger partial charge is 0.524 e. The van der Waals surface area contributed by atoms with Crippen LogP contribution < -0.4 is 0 Å². The van der Waals surface area contributed by atoms with E-state index >= 15 is 0 Å². The Bertz CT molecular complexity index is 266. The van der Waals surface area contributed by atoms with Crippen LogP contribution in [-0.2, 0) is 4.57 Å². The Kier molecular flexibility index (Phi) is 3.18. The van der Waals surface area contributed by atoms with Crippen molar-refractivity contribution in [2.75, 3.05) is 13.3 Å². The molecule has 0 aliphatic carbocycles. The second kappa shape index (κ2) is 3.43. The van der Waals surface area contributed by atoms with E-state index in [-0.39, 0.29) is 0 Å². The maximum absolute atomic E-state index is 10.4. The molecule has 0 heterocycles. The van der Waals surface area contributed by atoms with E-state index < -0.39 is 30.6 Å². The molecule has 0 unspecified atom stereocenters. The fourth-order valence-electron chi connectivity index (χ4n) is 0.571. The Balaban J connectivity index is 4.95. The summed E-state index contributed by atoms with van der Waals surface area (Å²) in [5.41, 5.74) is 0. The number of hydrogen-bond acceptors (Lipinski definition) is 3. The van der Waals surface area contributed by atoms with Gasteiger partial charge in [0.2, 0.25) is 6.29 Å². The lowest BCUT2D eigenvalue weighted by atomic mass is 10.7. The average molecular weight is 214 g/mol. The van der Waals surface area contributed by atoms with Crippen LogP contribution >= 0.6 is 7.60 Å². The van der Waals surface area contributed by atoms with E-state index in [9.17, 15) is 14.2 Å². The molecule has 0 radical (unpaired) electrons. The first-order valence-electron chi connectivity index (χ1n) is 2.96. The number of quaternary nitrogens is 1. The van der Waals surface area contributed by atoms with E-state index in [2.05, 4.69) is 0 Å². The Morgan fingerprint density at radius 2 is 1.54 bits per heavy atom. The molecule has 0 saturated carbocycles. The molecule has 2 amide bonds. The van der Waals surface area contributed by atoms with Crippen molar-refractivity contribution in [2.45, 2.75) is 0 Å². The third-order valence-electron chi connectivity index (χ3n) is 1.31. The van der Waals surface area contributed by atoms with Gasteiger partial charge in [-0.2, -0.15) is 9.59 Å². The number of hydrogen-bond donors (Lipinski definition) is 4. The van der Waals surface area contributed by atoms with Crippen LogP contribution in [0.3, 0.4) is 0 Å². The van der Waals surface area contributed by atoms with Crippen molar-refractivity contribution < 1.29 is 38.6 Å². The molecule has 0 aliphatic rings. The minimum absolute atomic E-state index is 0.684. The normalized spacial score (nSPS) is 12.5. The molecule has 0 saturated heterocycles. The van der Waals surface area contributed by atoms with Gasteiger partial charge in [-0.3, -0.25) is 4.57 Å². The highest BCUT2D eigenvalue weighted by atomic mass is 31.2. The lowest BCUT2D eigenvalue weighted by Gasteiger charge is -2.21. The zero-order valence-corrected chi connectivity index (χ0v) is 7.51. The van der Waals surface area contributed by atoms with Crippen molar-refractivity contribution in [1.82, 2.24) is 0 Å². The summed E-state index contributed by atoms with van der Waals surface area (Å²) in [5.74, 6) is 0. The van der Waals surface area contributed by atoms with Crippen molar-refractivity contribution in [3.8, 4) is 0 Å². The molecule has 9 heteroatoms. The van der Waals surface area contributed by atoms with Crippen molar-refractivity contribution in [3.63, 3.8) is 0 Å². The van der Waals surface area contributed by atoms with E-state index in [1.807, 2.05) is 0 Å². The van der Waals surface area contributed by atoms with Crippen LogP contribution in [0.2, 0.25) is 0 Å². The number of carbonyl (C=O) groups is 2. The Hall–Kier alpha value is -0.950. The van der Waals surface area contributed by atoms with Crippen LogP contribution in [0.1, 0.15) is 0 Å². The highest BCUT2D eigenvalue weighted by Crippen LogP contribution is 2.37. The summed E-state index contributed by atoms with van der Waals surface area (Å²) in [7, 11) is -4.00. The lowest BCUT2D eigenvalue weighted by Crippen LogP contribution is -2.52. The Labute approximate surface area is 72.8 Å². The number of imide groups is 1. The van der Waals surface area contributed by atoms with Crippen molar-refractivity contribution in [2.24, 2.45) is 0 Å².